The second-order valence-electron chi connectivity index (χ2n) is 5.69. The number of hydrogen-bond donors (Lipinski definition) is 5. The zero-order valence-electron chi connectivity index (χ0n) is 12.5. The van der Waals surface area contributed by atoms with E-state index < -0.39 is 35.3 Å². The van der Waals surface area contributed by atoms with E-state index in [1.165, 1.54) is 6.92 Å². The minimum Gasteiger partial charge on any atom is -0.508 e. The van der Waals surface area contributed by atoms with Crippen molar-refractivity contribution in [3.63, 3.8) is 0 Å². The third-order valence-corrected chi connectivity index (χ3v) is 4.01. The maximum Gasteiger partial charge on any atom is 0.198 e. The summed E-state index contributed by atoms with van der Waals surface area (Å²) in [6.07, 6.45) is -2.66. The first-order valence-corrected chi connectivity index (χ1v) is 7.10. The summed E-state index contributed by atoms with van der Waals surface area (Å²) in [5.41, 5.74) is -0.758. The van der Waals surface area contributed by atoms with Gasteiger partial charge in [-0.1, -0.05) is 0 Å². The highest BCUT2D eigenvalue weighted by molar-refractivity contribution is 6.29. The molecule has 0 amide bonds. The van der Waals surface area contributed by atoms with Gasteiger partial charge < -0.3 is 25.5 Å². The average molecular weight is 330 g/mol. The number of carbonyl (C=O) groups excluding carboxylic acids is 2. The van der Waals surface area contributed by atoms with Crippen molar-refractivity contribution < 1.29 is 35.1 Å². The van der Waals surface area contributed by atoms with Gasteiger partial charge in [0.1, 0.15) is 23.4 Å². The Morgan fingerprint density at radius 1 is 0.792 bits per heavy atom. The largest absolute Gasteiger partial charge is 0.508 e. The second-order valence-corrected chi connectivity index (χ2v) is 5.69. The predicted molar refractivity (Wildman–Crippen MR) is 81.4 cm³/mol. The minimum atomic E-state index is -1.45. The van der Waals surface area contributed by atoms with Crippen molar-refractivity contribution in [2.45, 2.75) is 19.1 Å². The number of ketones is 2. The molecule has 1 aliphatic carbocycles. The third-order valence-electron chi connectivity index (χ3n) is 4.01. The van der Waals surface area contributed by atoms with Crippen molar-refractivity contribution in [1.82, 2.24) is 0 Å². The standard InChI is InChI=1S/C17H14O7/c1-6(18)15(22)10-4-8-9(5-12(10)20)16(23)11-2-7(19)3-13(21)14(11)17(8)24/h2-6,15,18-22H,1H3/t6-,15-/m0/s1. The number of aliphatic hydroxyl groups is 2. The van der Waals surface area contributed by atoms with Crippen LogP contribution in [0.25, 0.3) is 0 Å². The lowest BCUT2D eigenvalue weighted by Gasteiger charge is -2.22. The van der Waals surface area contributed by atoms with Crippen LogP contribution in [0.2, 0.25) is 0 Å². The van der Waals surface area contributed by atoms with Crippen molar-refractivity contribution in [3.8, 4) is 17.2 Å². The summed E-state index contributed by atoms with van der Waals surface area (Å²) >= 11 is 0. The number of aromatic hydroxyl groups is 3. The number of benzene rings is 2. The summed E-state index contributed by atoms with van der Waals surface area (Å²) < 4.78 is 0. The zero-order chi connectivity index (χ0) is 17.8. The summed E-state index contributed by atoms with van der Waals surface area (Å²) in [4.78, 5) is 25.1. The number of hydrogen-bond acceptors (Lipinski definition) is 7. The fourth-order valence-electron chi connectivity index (χ4n) is 2.79. The monoisotopic (exact) mass is 330 g/mol. The number of rotatable bonds is 2. The van der Waals surface area contributed by atoms with Crippen LogP contribution in [0.5, 0.6) is 17.2 Å². The molecular weight excluding hydrogens is 316 g/mol. The molecule has 0 aromatic heterocycles. The Kier molecular flexibility index (Phi) is 3.55. The molecular formula is C17H14O7. The van der Waals surface area contributed by atoms with E-state index >= 15 is 0 Å². The molecule has 7 heteroatoms. The van der Waals surface area contributed by atoms with Crippen LogP contribution in [-0.2, 0) is 0 Å². The molecule has 0 heterocycles. The number of fused-ring (bicyclic) bond motifs is 2. The van der Waals surface area contributed by atoms with Crippen LogP contribution in [0.15, 0.2) is 24.3 Å². The van der Waals surface area contributed by atoms with E-state index in [0.29, 0.717) is 0 Å². The smallest absolute Gasteiger partial charge is 0.198 e. The Morgan fingerprint density at radius 2 is 1.42 bits per heavy atom. The van der Waals surface area contributed by atoms with Crippen LogP contribution >= 0.6 is 0 Å². The molecule has 124 valence electrons. The maximum atomic E-state index is 12.6. The highest BCUT2D eigenvalue weighted by Gasteiger charge is 2.34. The molecule has 1 aliphatic rings. The first kappa shape index (κ1) is 16.0. The zero-order valence-corrected chi connectivity index (χ0v) is 12.5. The molecule has 0 radical (unpaired) electrons. The molecule has 0 aliphatic heterocycles. The van der Waals surface area contributed by atoms with Gasteiger partial charge in [-0.3, -0.25) is 9.59 Å². The fraction of sp³-hybridized carbons (Fsp3) is 0.176. The van der Waals surface area contributed by atoms with Gasteiger partial charge in [-0.25, -0.2) is 0 Å². The summed E-state index contributed by atoms with van der Waals surface area (Å²) in [6, 6.07) is 4.16. The highest BCUT2D eigenvalue weighted by Crippen LogP contribution is 2.39. The van der Waals surface area contributed by atoms with Crippen LogP contribution in [0.1, 0.15) is 50.4 Å². The predicted octanol–water partition coefficient (Wildman–Crippen LogP) is 0.993. The lowest BCUT2D eigenvalue weighted by Crippen LogP contribution is -2.22. The summed E-state index contributed by atoms with van der Waals surface area (Å²) in [5, 5.41) is 48.8. The van der Waals surface area contributed by atoms with E-state index in [0.717, 1.165) is 24.3 Å². The van der Waals surface area contributed by atoms with Crippen molar-refractivity contribution in [1.29, 1.82) is 0 Å². The summed E-state index contributed by atoms with van der Waals surface area (Å²) in [5.74, 6) is -2.70. The molecule has 2 aromatic carbocycles. The van der Waals surface area contributed by atoms with E-state index in [9.17, 15) is 35.1 Å². The Labute approximate surface area is 136 Å². The lowest BCUT2D eigenvalue weighted by molar-refractivity contribution is 0.0290. The Hall–Kier alpha value is -2.90. The van der Waals surface area contributed by atoms with Gasteiger partial charge in [0.15, 0.2) is 11.6 Å². The van der Waals surface area contributed by atoms with E-state index in [-0.39, 0.29) is 33.6 Å². The summed E-state index contributed by atoms with van der Waals surface area (Å²) in [6.45, 7) is 1.31. The van der Waals surface area contributed by atoms with E-state index in [2.05, 4.69) is 0 Å². The fourth-order valence-corrected chi connectivity index (χ4v) is 2.79. The van der Waals surface area contributed by atoms with Crippen molar-refractivity contribution in [2.24, 2.45) is 0 Å². The molecule has 5 N–H and O–H groups in total. The molecule has 7 nitrogen and oxygen atoms in total. The van der Waals surface area contributed by atoms with Gasteiger partial charge in [-0.15, -0.1) is 0 Å². The molecule has 0 fully saturated rings. The van der Waals surface area contributed by atoms with E-state index in [1.54, 1.807) is 0 Å². The number of phenolic OH excluding ortho intramolecular Hbond substituents is 3. The Bertz CT molecular complexity index is 883. The number of carbonyl (C=O) groups is 2. The van der Waals surface area contributed by atoms with Gasteiger partial charge >= 0.3 is 0 Å². The molecule has 2 aromatic rings. The molecule has 0 unspecified atom stereocenters. The SMILES string of the molecule is C[C@H](O)[C@H](O)c1cc2c(cc1O)C(=O)c1cc(O)cc(O)c1C2=O. The molecule has 3 rings (SSSR count). The minimum absolute atomic E-state index is 0.105. The molecule has 0 saturated carbocycles. The third kappa shape index (κ3) is 2.22. The van der Waals surface area contributed by atoms with E-state index in [4.69, 9.17) is 0 Å². The molecule has 24 heavy (non-hydrogen) atoms. The quantitative estimate of drug-likeness (QED) is 0.473. The van der Waals surface area contributed by atoms with Crippen LogP contribution in [0, 0.1) is 0 Å². The molecule has 0 saturated heterocycles. The normalized spacial score (nSPS) is 15.6. The Balaban J connectivity index is 2.25. The van der Waals surface area contributed by atoms with Crippen molar-refractivity contribution in [3.05, 3.63) is 52.1 Å². The molecule has 2 atom stereocenters. The average Bonchev–Trinajstić information content (AvgIpc) is 2.50. The first-order chi connectivity index (χ1) is 11.2. The van der Waals surface area contributed by atoms with E-state index in [1.807, 2.05) is 0 Å². The van der Waals surface area contributed by atoms with Crippen LogP contribution in [0.4, 0.5) is 0 Å². The molecule has 0 spiro atoms. The van der Waals surface area contributed by atoms with Crippen LogP contribution in [0.3, 0.4) is 0 Å². The van der Waals surface area contributed by atoms with Gasteiger partial charge in [0, 0.05) is 28.3 Å². The number of phenols is 3. The van der Waals surface area contributed by atoms with Gasteiger partial charge in [0.25, 0.3) is 0 Å². The molecule has 0 bridgehead atoms. The van der Waals surface area contributed by atoms with Gasteiger partial charge in [-0.05, 0) is 25.1 Å². The van der Waals surface area contributed by atoms with Crippen molar-refractivity contribution in [2.75, 3.05) is 0 Å². The highest BCUT2D eigenvalue weighted by atomic mass is 16.3. The van der Waals surface area contributed by atoms with Crippen LogP contribution < -0.4 is 0 Å². The van der Waals surface area contributed by atoms with Gasteiger partial charge in [0.2, 0.25) is 0 Å². The first-order valence-electron chi connectivity index (χ1n) is 7.10. The number of aliphatic hydroxyl groups excluding tert-OH is 2. The van der Waals surface area contributed by atoms with Gasteiger partial charge in [0.05, 0.1) is 11.7 Å². The summed E-state index contributed by atoms with van der Waals surface area (Å²) in [7, 11) is 0. The lowest BCUT2D eigenvalue weighted by atomic mass is 9.81. The topological polar surface area (TPSA) is 135 Å². The second kappa shape index (κ2) is 5.33. The maximum absolute atomic E-state index is 12.6. The van der Waals surface area contributed by atoms with Gasteiger partial charge in [-0.2, -0.15) is 0 Å². The van der Waals surface area contributed by atoms with Crippen LogP contribution in [-0.4, -0.2) is 43.2 Å². The van der Waals surface area contributed by atoms with Crippen molar-refractivity contribution >= 4 is 11.6 Å². The Morgan fingerprint density at radius 3 is 2.04 bits per heavy atom.